The van der Waals surface area contributed by atoms with Crippen molar-refractivity contribution < 1.29 is 4.42 Å². The molecule has 1 aliphatic rings. The van der Waals surface area contributed by atoms with Crippen molar-refractivity contribution in [1.82, 2.24) is 14.9 Å². The number of aryl methyl sites for hydroxylation is 2. The zero-order valence-corrected chi connectivity index (χ0v) is 10.7. The van der Waals surface area contributed by atoms with Crippen LogP contribution in [0.25, 0.3) is 0 Å². The maximum absolute atomic E-state index is 5.54. The third kappa shape index (κ3) is 2.48. The Hall–Kier alpha value is -1.55. The van der Waals surface area contributed by atoms with Gasteiger partial charge in [-0.25, -0.2) is 4.98 Å². The van der Waals surface area contributed by atoms with Crippen molar-refractivity contribution in [2.24, 2.45) is 5.92 Å². The van der Waals surface area contributed by atoms with Crippen molar-refractivity contribution in [2.45, 2.75) is 32.9 Å². The van der Waals surface area contributed by atoms with Crippen LogP contribution in [0.2, 0.25) is 0 Å². The second-order valence-electron chi connectivity index (χ2n) is 5.04. The number of rotatable bonds is 4. The Labute approximate surface area is 107 Å². The average molecular weight is 245 g/mol. The molecule has 0 aromatic carbocycles. The van der Waals surface area contributed by atoms with Gasteiger partial charge in [0.2, 0.25) is 0 Å². The van der Waals surface area contributed by atoms with Gasteiger partial charge < -0.3 is 14.3 Å². The summed E-state index contributed by atoms with van der Waals surface area (Å²) in [7, 11) is 0. The standard InChI is InChI=1S/C14H19N3O/c1-11-2-4-13(18-11)9-15-8-12-3-5-14-16-6-7-17(14)10-12/h2,4,6-7,12,15H,3,5,8-10H2,1H3/t12-/m0/s1. The van der Waals surface area contributed by atoms with Crippen molar-refractivity contribution >= 4 is 0 Å². The first kappa shape index (κ1) is 11.5. The van der Waals surface area contributed by atoms with E-state index in [9.17, 15) is 0 Å². The minimum Gasteiger partial charge on any atom is -0.465 e. The van der Waals surface area contributed by atoms with Crippen molar-refractivity contribution in [2.75, 3.05) is 6.54 Å². The average Bonchev–Trinajstić information content (AvgIpc) is 2.97. The highest BCUT2D eigenvalue weighted by Gasteiger charge is 2.18. The van der Waals surface area contributed by atoms with Crippen LogP contribution in [0, 0.1) is 12.8 Å². The Balaban J connectivity index is 1.47. The van der Waals surface area contributed by atoms with Gasteiger partial charge in [-0.15, -0.1) is 0 Å². The maximum atomic E-state index is 5.54. The maximum Gasteiger partial charge on any atom is 0.117 e. The van der Waals surface area contributed by atoms with Gasteiger partial charge in [0.1, 0.15) is 17.3 Å². The van der Waals surface area contributed by atoms with Crippen LogP contribution in [0.5, 0.6) is 0 Å². The lowest BCUT2D eigenvalue weighted by Crippen LogP contribution is -2.29. The normalized spacial score (nSPS) is 18.8. The molecule has 0 amide bonds. The second kappa shape index (κ2) is 4.98. The second-order valence-corrected chi connectivity index (χ2v) is 5.04. The van der Waals surface area contributed by atoms with Crippen molar-refractivity contribution in [3.8, 4) is 0 Å². The van der Waals surface area contributed by atoms with E-state index in [1.165, 1.54) is 12.2 Å². The van der Waals surface area contributed by atoms with Gasteiger partial charge in [-0.1, -0.05) is 0 Å². The van der Waals surface area contributed by atoms with E-state index in [0.717, 1.165) is 37.6 Å². The molecule has 0 saturated heterocycles. The van der Waals surface area contributed by atoms with E-state index in [1.54, 1.807) is 0 Å². The van der Waals surface area contributed by atoms with Crippen molar-refractivity contribution in [3.63, 3.8) is 0 Å². The van der Waals surface area contributed by atoms with Gasteiger partial charge in [-0.3, -0.25) is 0 Å². The fraction of sp³-hybridized carbons (Fsp3) is 0.500. The van der Waals surface area contributed by atoms with Crippen LogP contribution in [-0.4, -0.2) is 16.1 Å². The zero-order valence-electron chi connectivity index (χ0n) is 10.7. The molecule has 1 N–H and O–H groups in total. The Bertz CT molecular complexity index is 515. The van der Waals surface area contributed by atoms with E-state index in [2.05, 4.69) is 21.1 Å². The number of aromatic nitrogens is 2. The van der Waals surface area contributed by atoms with Crippen LogP contribution in [0.1, 0.15) is 23.8 Å². The van der Waals surface area contributed by atoms with Crippen LogP contribution in [0.4, 0.5) is 0 Å². The molecule has 0 radical (unpaired) electrons. The Morgan fingerprint density at radius 2 is 2.44 bits per heavy atom. The van der Waals surface area contributed by atoms with E-state index in [-0.39, 0.29) is 0 Å². The fourth-order valence-corrected chi connectivity index (χ4v) is 2.58. The third-order valence-electron chi connectivity index (χ3n) is 3.56. The van der Waals surface area contributed by atoms with E-state index in [0.29, 0.717) is 5.92 Å². The van der Waals surface area contributed by atoms with Crippen LogP contribution in [-0.2, 0) is 19.5 Å². The highest BCUT2D eigenvalue weighted by molar-refractivity contribution is 5.05. The molecule has 0 unspecified atom stereocenters. The molecule has 0 fully saturated rings. The molecule has 0 bridgehead atoms. The molecule has 2 aromatic rings. The minimum atomic E-state index is 0.697. The number of hydrogen-bond acceptors (Lipinski definition) is 3. The Morgan fingerprint density at radius 1 is 1.50 bits per heavy atom. The molecular weight excluding hydrogens is 226 g/mol. The first-order valence-electron chi connectivity index (χ1n) is 6.57. The molecule has 0 saturated carbocycles. The lowest BCUT2D eigenvalue weighted by molar-refractivity contribution is 0.340. The Kier molecular flexibility index (Phi) is 3.19. The molecule has 96 valence electrons. The number of hydrogen-bond donors (Lipinski definition) is 1. The highest BCUT2D eigenvalue weighted by Crippen LogP contribution is 2.18. The largest absolute Gasteiger partial charge is 0.465 e. The van der Waals surface area contributed by atoms with Gasteiger partial charge in [0.15, 0.2) is 0 Å². The SMILES string of the molecule is Cc1ccc(CNC[C@@H]2CCc3nccn3C2)o1. The molecule has 3 rings (SSSR count). The predicted octanol–water partition coefficient (Wildman–Crippen LogP) is 2.14. The highest BCUT2D eigenvalue weighted by atomic mass is 16.3. The third-order valence-corrected chi connectivity index (χ3v) is 3.56. The molecule has 1 atom stereocenters. The van der Waals surface area contributed by atoms with Crippen molar-refractivity contribution in [1.29, 1.82) is 0 Å². The van der Waals surface area contributed by atoms with E-state index in [4.69, 9.17) is 4.42 Å². The minimum absolute atomic E-state index is 0.697. The first-order valence-corrected chi connectivity index (χ1v) is 6.57. The number of nitrogens with zero attached hydrogens (tertiary/aromatic N) is 2. The molecular formula is C14H19N3O. The van der Waals surface area contributed by atoms with Gasteiger partial charge >= 0.3 is 0 Å². The van der Waals surface area contributed by atoms with Crippen LogP contribution < -0.4 is 5.32 Å². The first-order chi connectivity index (χ1) is 8.81. The van der Waals surface area contributed by atoms with Crippen LogP contribution >= 0.6 is 0 Å². The van der Waals surface area contributed by atoms with E-state index >= 15 is 0 Å². The number of fused-ring (bicyclic) bond motifs is 1. The number of furan rings is 1. The number of imidazole rings is 1. The van der Waals surface area contributed by atoms with Gasteiger partial charge in [-0.05, 0) is 31.4 Å². The van der Waals surface area contributed by atoms with E-state index < -0.39 is 0 Å². The summed E-state index contributed by atoms with van der Waals surface area (Å²) in [5.74, 6) is 3.93. The topological polar surface area (TPSA) is 43.0 Å². The van der Waals surface area contributed by atoms with Gasteiger partial charge in [-0.2, -0.15) is 0 Å². The summed E-state index contributed by atoms with van der Waals surface area (Å²) in [6, 6.07) is 4.05. The summed E-state index contributed by atoms with van der Waals surface area (Å²) in [6.45, 7) is 4.92. The molecule has 0 spiro atoms. The summed E-state index contributed by atoms with van der Waals surface area (Å²) < 4.78 is 7.81. The van der Waals surface area contributed by atoms with E-state index in [1.807, 2.05) is 25.3 Å². The smallest absolute Gasteiger partial charge is 0.117 e. The lowest BCUT2D eigenvalue weighted by atomic mass is 9.99. The Morgan fingerprint density at radius 3 is 3.28 bits per heavy atom. The monoisotopic (exact) mass is 245 g/mol. The quantitative estimate of drug-likeness (QED) is 0.897. The van der Waals surface area contributed by atoms with Gasteiger partial charge in [0, 0.05) is 31.9 Å². The summed E-state index contributed by atoms with van der Waals surface area (Å²) >= 11 is 0. The van der Waals surface area contributed by atoms with Gasteiger partial charge in [0.05, 0.1) is 6.54 Å². The van der Waals surface area contributed by atoms with Crippen LogP contribution in [0.15, 0.2) is 28.9 Å². The summed E-state index contributed by atoms with van der Waals surface area (Å²) in [5.41, 5.74) is 0. The summed E-state index contributed by atoms with van der Waals surface area (Å²) in [6.07, 6.45) is 6.30. The molecule has 2 aromatic heterocycles. The molecule has 3 heterocycles. The molecule has 4 nitrogen and oxygen atoms in total. The molecule has 1 aliphatic heterocycles. The van der Waals surface area contributed by atoms with Gasteiger partial charge in [0.25, 0.3) is 0 Å². The van der Waals surface area contributed by atoms with Crippen molar-refractivity contribution in [3.05, 3.63) is 41.9 Å². The fourth-order valence-electron chi connectivity index (χ4n) is 2.58. The predicted molar refractivity (Wildman–Crippen MR) is 69.2 cm³/mol. The zero-order chi connectivity index (χ0) is 12.4. The molecule has 18 heavy (non-hydrogen) atoms. The van der Waals surface area contributed by atoms with Crippen LogP contribution in [0.3, 0.4) is 0 Å². The summed E-state index contributed by atoms with van der Waals surface area (Å²) in [4.78, 5) is 4.35. The lowest BCUT2D eigenvalue weighted by Gasteiger charge is -2.23. The molecule has 0 aliphatic carbocycles. The summed E-state index contributed by atoms with van der Waals surface area (Å²) in [5, 5.41) is 3.48. The molecule has 4 heteroatoms. The number of nitrogens with one attached hydrogen (secondary N) is 1.